The predicted molar refractivity (Wildman–Crippen MR) is 78.6 cm³/mol. The van der Waals surface area contributed by atoms with Crippen LogP contribution in [-0.2, 0) is 6.42 Å². The van der Waals surface area contributed by atoms with Gasteiger partial charge in [0.25, 0.3) is 0 Å². The number of benzene rings is 1. The average Bonchev–Trinajstić information content (AvgIpc) is 2.43. The molecule has 0 spiro atoms. The van der Waals surface area contributed by atoms with Gasteiger partial charge < -0.3 is 0 Å². The van der Waals surface area contributed by atoms with E-state index in [1.807, 2.05) is 18.5 Å². The van der Waals surface area contributed by atoms with Gasteiger partial charge in [0.2, 0.25) is 0 Å². The number of hydrazine groups is 1. The highest BCUT2D eigenvalue weighted by Crippen LogP contribution is 2.24. The highest BCUT2D eigenvalue weighted by atomic mass is 15.2. The Kier molecular flexibility index (Phi) is 4.66. The molecular formula is C16H21N3. The summed E-state index contributed by atoms with van der Waals surface area (Å²) in [6, 6.07) is 10.6. The first-order valence-corrected chi connectivity index (χ1v) is 6.71. The fourth-order valence-corrected chi connectivity index (χ4v) is 2.39. The molecule has 0 fully saturated rings. The molecule has 100 valence electrons. The van der Waals surface area contributed by atoms with Gasteiger partial charge in [0.1, 0.15) is 0 Å². The summed E-state index contributed by atoms with van der Waals surface area (Å²) in [6.45, 7) is 4.25. The van der Waals surface area contributed by atoms with Gasteiger partial charge in [-0.2, -0.15) is 0 Å². The molecule has 1 heterocycles. The Morgan fingerprint density at radius 2 is 2.16 bits per heavy atom. The van der Waals surface area contributed by atoms with Gasteiger partial charge in [0, 0.05) is 12.4 Å². The zero-order chi connectivity index (χ0) is 13.7. The lowest BCUT2D eigenvalue weighted by Crippen LogP contribution is -2.29. The fraction of sp³-hybridized carbons (Fsp3) is 0.312. The highest BCUT2D eigenvalue weighted by Gasteiger charge is 2.14. The first-order chi connectivity index (χ1) is 9.26. The number of pyridine rings is 1. The van der Waals surface area contributed by atoms with Crippen molar-refractivity contribution in [3.05, 3.63) is 65.0 Å². The van der Waals surface area contributed by atoms with Crippen LogP contribution in [0.2, 0.25) is 0 Å². The van der Waals surface area contributed by atoms with E-state index in [1.54, 1.807) is 0 Å². The first kappa shape index (κ1) is 13.7. The summed E-state index contributed by atoms with van der Waals surface area (Å²) in [5, 5.41) is 0. The van der Waals surface area contributed by atoms with E-state index in [2.05, 4.69) is 48.5 Å². The number of nitrogens with zero attached hydrogens (tertiary/aromatic N) is 1. The van der Waals surface area contributed by atoms with Gasteiger partial charge in [0.05, 0.1) is 6.04 Å². The van der Waals surface area contributed by atoms with Crippen molar-refractivity contribution in [3.63, 3.8) is 0 Å². The van der Waals surface area contributed by atoms with Crippen LogP contribution < -0.4 is 11.3 Å². The number of hydrogen-bond acceptors (Lipinski definition) is 3. The smallest absolute Gasteiger partial charge is 0.0713 e. The Morgan fingerprint density at radius 3 is 2.84 bits per heavy atom. The second kappa shape index (κ2) is 6.45. The molecule has 0 bridgehead atoms. The van der Waals surface area contributed by atoms with Gasteiger partial charge >= 0.3 is 0 Å². The zero-order valence-corrected chi connectivity index (χ0v) is 11.6. The summed E-state index contributed by atoms with van der Waals surface area (Å²) in [4.78, 5) is 4.13. The maximum atomic E-state index is 5.76. The molecule has 1 aromatic carbocycles. The van der Waals surface area contributed by atoms with E-state index in [1.165, 1.54) is 16.7 Å². The molecule has 0 saturated heterocycles. The molecule has 19 heavy (non-hydrogen) atoms. The maximum Gasteiger partial charge on any atom is 0.0713 e. The molecule has 0 aliphatic heterocycles. The van der Waals surface area contributed by atoms with Gasteiger partial charge in [-0.15, -0.1) is 0 Å². The molecule has 0 aliphatic rings. The van der Waals surface area contributed by atoms with Crippen molar-refractivity contribution < 1.29 is 0 Å². The normalized spacial score (nSPS) is 12.4. The Morgan fingerprint density at radius 1 is 1.32 bits per heavy atom. The molecule has 3 N–H and O–H groups in total. The van der Waals surface area contributed by atoms with Gasteiger partial charge in [-0.05, 0) is 41.7 Å². The van der Waals surface area contributed by atoms with Crippen LogP contribution in [0.15, 0.2) is 42.7 Å². The summed E-state index contributed by atoms with van der Waals surface area (Å²) < 4.78 is 0. The van der Waals surface area contributed by atoms with Crippen LogP contribution in [0.25, 0.3) is 0 Å². The van der Waals surface area contributed by atoms with E-state index in [0.29, 0.717) is 0 Å². The molecule has 1 unspecified atom stereocenters. The van der Waals surface area contributed by atoms with Crippen LogP contribution in [0.4, 0.5) is 0 Å². The fourth-order valence-electron chi connectivity index (χ4n) is 2.39. The van der Waals surface area contributed by atoms with Crippen LogP contribution in [0.3, 0.4) is 0 Å². The lowest BCUT2D eigenvalue weighted by atomic mass is 9.95. The third-order valence-corrected chi connectivity index (χ3v) is 3.36. The number of aryl methyl sites for hydroxylation is 2. The van der Waals surface area contributed by atoms with Crippen LogP contribution in [-0.4, -0.2) is 4.98 Å². The van der Waals surface area contributed by atoms with Crippen molar-refractivity contribution in [1.82, 2.24) is 10.4 Å². The molecule has 0 aliphatic carbocycles. The Balaban J connectivity index is 2.37. The molecule has 3 heteroatoms. The van der Waals surface area contributed by atoms with E-state index >= 15 is 0 Å². The van der Waals surface area contributed by atoms with Crippen molar-refractivity contribution >= 4 is 0 Å². The number of hydrogen-bond donors (Lipinski definition) is 2. The third kappa shape index (κ3) is 3.19. The summed E-state index contributed by atoms with van der Waals surface area (Å²) in [7, 11) is 0. The largest absolute Gasteiger partial charge is 0.271 e. The quantitative estimate of drug-likeness (QED) is 0.638. The molecule has 0 saturated carbocycles. The van der Waals surface area contributed by atoms with E-state index in [9.17, 15) is 0 Å². The second-order valence-corrected chi connectivity index (χ2v) is 4.83. The highest BCUT2D eigenvalue weighted by molar-refractivity contribution is 5.36. The monoisotopic (exact) mass is 255 g/mol. The topological polar surface area (TPSA) is 50.9 Å². The Bertz CT molecular complexity index is 537. The minimum Gasteiger partial charge on any atom is -0.271 e. The van der Waals surface area contributed by atoms with E-state index < -0.39 is 0 Å². The van der Waals surface area contributed by atoms with Gasteiger partial charge in [-0.1, -0.05) is 37.6 Å². The maximum absolute atomic E-state index is 5.76. The van der Waals surface area contributed by atoms with Crippen molar-refractivity contribution in [2.45, 2.75) is 32.7 Å². The molecule has 2 aromatic rings. The summed E-state index contributed by atoms with van der Waals surface area (Å²) in [5.74, 6) is 5.76. The average molecular weight is 255 g/mol. The minimum absolute atomic E-state index is 0.0137. The standard InChI is InChI=1S/C16H21N3/c1-3-5-13-6-4-7-14(10-13)16(19-17)15-8-9-18-11-12(15)2/h4,6-11,16,19H,3,5,17H2,1-2H3. The molecule has 2 rings (SSSR count). The number of rotatable bonds is 5. The van der Waals surface area contributed by atoms with Crippen LogP contribution >= 0.6 is 0 Å². The van der Waals surface area contributed by atoms with Gasteiger partial charge in [-0.25, -0.2) is 5.43 Å². The summed E-state index contributed by atoms with van der Waals surface area (Å²) >= 11 is 0. The molecule has 0 radical (unpaired) electrons. The zero-order valence-electron chi connectivity index (χ0n) is 11.6. The molecule has 0 amide bonds. The number of nitrogens with two attached hydrogens (primary N) is 1. The van der Waals surface area contributed by atoms with E-state index in [-0.39, 0.29) is 6.04 Å². The molecule has 3 nitrogen and oxygen atoms in total. The summed E-state index contributed by atoms with van der Waals surface area (Å²) in [5.41, 5.74) is 7.78. The lowest BCUT2D eigenvalue weighted by molar-refractivity contribution is 0.632. The minimum atomic E-state index is 0.0137. The van der Waals surface area contributed by atoms with Crippen molar-refractivity contribution in [1.29, 1.82) is 0 Å². The van der Waals surface area contributed by atoms with Crippen molar-refractivity contribution in [2.24, 2.45) is 5.84 Å². The van der Waals surface area contributed by atoms with E-state index in [4.69, 9.17) is 5.84 Å². The Hall–Kier alpha value is -1.71. The van der Waals surface area contributed by atoms with Crippen LogP contribution in [0, 0.1) is 6.92 Å². The number of aromatic nitrogens is 1. The van der Waals surface area contributed by atoms with Crippen molar-refractivity contribution in [3.8, 4) is 0 Å². The lowest BCUT2D eigenvalue weighted by Gasteiger charge is -2.19. The second-order valence-electron chi connectivity index (χ2n) is 4.83. The SMILES string of the molecule is CCCc1cccc(C(NN)c2ccncc2C)c1. The van der Waals surface area contributed by atoms with Crippen LogP contribution in [0.1, 0.15) is 41.6 Å². The summed E-state index contributed by atoms with van der Waals surface area (Å²) in [6.07, 6.45) is 5.93. The number of nitrogens with one attached hydrogen (secondary N) is 1. The van der Waals surface area contributed by atoms with E-state index in [0.717, 1.165) is 18.4 Å². The predicted octanol–water partition coefficient (Wildman–Crippen LogP) is 2.90. The van der Waals surface area contributed by atoms with Gasteiger partial charge in [-0.3, -0.25) is 10.8 Å². The first-order valence-electron chi connectivity index (χ1n) is 6.71. The molecular weight excluding hydrogens is 234 g/mol. The van der Waals surface area contributed by atoms with Gasteiger partial charge in [0.15, 0.2) is 0 Å². The van der Waals surface area contributed by atoms with Crippen LogP contribution in [0.5, 0.6) is 0 Å². The molecule has 1 atom stereocenters. The third-order valence-electron chi connectivity index (χ3n) is 3.36. The Labute approximate surface area is 114 Å². The molecule has 1 aromatic heterocycles. The van der Waals surface area contributed by atoms with Crippen molar-refractivity contribution in [2.75, 3.05) is 0 Å².